The molecule has 0 aromatic carbocycles. The Hall–Kier alpha value is -0.600. The summed E-state index contributed by atoms with van der Waals surface area (Å²) in [5, 5.41) is 4.69. The van der Waals surface area contributed by atoms with E-state index in [1.807, 2.05) is 22.7 Å². The van der Waals surface area contributed by atoms with Gasteiger partial charge in [0.15, 0.2) is 0 Å². The first kappa shape index (κ1) is 21.1. The van der Waals surface area contributed by atoms with Gasteiger partial charge in [0.1, 0.15) is 0 Å². The van der Waals surface area contributed by atoms with Crippen LogP contribution in [0.1, 0.15) is 109 Å². The second-order valence-electron chi connectivity index (χ2n) is 8.55. The molecule has 0 nitrogen and oxygen atoms in total. The van der Waals surface area contributed by atoms with Gasteiger partial charge in [-0.15, -0.1) is 22.7 Å². The maximum atomic E-state index is 2.47. The molecule has 2 aromatic heterocycles. The molecule has 2 aromatic rings. The van der Waals surface area contributed by atoms with Gasteiger partial charge < -0.3 is 0 Å². The Morgan fingerprint density at radius 3 is 1.96 bits per heavy atom. The Kier molecular flexibility index (Phi) is 8.02. The van der Waals surface area contributed by atoms with Gasteiger partial charge in [0.2, 0.25) is 0 Å². The standard InChI is InChI=1S/C25H38S2/c1-4-7-9-10-11-12-16-25(19-20(6-3)13-8-5-2)21-14-17-26-23(21)24-22(25)15-18-27-24/h14-15,17-18,20H,4-13,16,19H2,1-3H3. The first-order valence-corrected chi connectivity index (χ1v) is 13.2. The fourth-order valence-electron chi connectivity index (χ4n) is 5.10. The number of unbranched alkanes of at least 4 members (excludes halogenated alkanes) is 6. The first-order chi connectivity index (χ1) is 13.3. The molecular weight excluding hydrogens is 364 g/mol. The number of fused-ring (bicyclic) bond motifs is 3. The fourth-order valence-corrected chi connectivity index (χ4v) is 7.29. The van der Waals surface area contributed by atoms with E-state index in [2.05, 4.69) is 43.7 Å². The van der Waals surface area contributed by atoms with Crippen LogP contribution in [-0.4, -0.2) is 0 Å². The minimum absolute atomic E-state index is 0.309. The third-order valence-electron chi connectivity index (χ3n) is 6.71. The highest BCUT2D eigenvalue weighted by atomic mass is 32.1. The summed E-state index contributed by atoms with van der Waals surface area (Å²) in [6, 6.07) is 4.94. The van der Waals surface area contributed by atoms with Crippen LogP contribution in [0.4, 0.5) is 0 Å². The van der Waals surface area contributed by atoms with Gasteiger partial charge in [-0.3, -0.25) is 0 Å². The van der Waals surface area contributed by atoms with Crippen molar-refractivity contribution in [2.75, 3.05) is 0 Å². The third kappa shape index (κ3) is 4.53. The lowest BCUT2D eigenvalue weighted by Crippen LogP contribution is -2.28. The van der Waals surface area contributed by atoms with E-state index in [0.717, 1.165) is 5.92 Å². The molecule has 0 radical (unpaired) electrons. The Balaban J connectivity index is 1.80. The molecule has 0 fully saturated rings. The van der Waals surface area contributed by atoms with E-state index in [4.69, 9.17) is 0 Å². The lowest BCUT2D eigenvalue weighted by Gasteiger charge is -2.35. The maximum Gasteiger partial charge on any atom is 0.0486 e. The Labute approximate surface area is 175 Å². The van der Waals surface area contributed by atoms with Gasteiger partial charge in [-0.25, -0.2) is 0 Å². The molecule has 1 aliphatic carbocycles. The lowest BCUT2D eigenvalue weighted by atomic mass is 9.68. The predicted molar refractivity (Wildman–Crippen MR) is 124 cm³/mol. The molecular formula is C25H38S2. The van der Waals surface area contributed by atoms with E-state index in [1.54, 1.807) is 20.9 Å². The molecule has 2 heteroatoms. The average Bonchev–Trinajstić information content (AvgIpc) is 3.38. The zero-order chi connectivity index (χ0) is 19.1. The largest absolute Gasteiger partial charge is 0.143 e. The van der Waals surface area contributed by atoms with Crippen molar-refractivity contribution in [1.29, 1.82) is 0 Å². The topological polar surface area (TPSA) is 0 Å². The van der Waals surface area contributed by atoms with Gasteiger partial charge in [0.05, 0.1) is 0 Å². The first-order valence-electron chi connectivity index (χ1n) is 11.4. The highest BCUT2D eigenvalue weighted by Crippen LogP contribution is 2.58. The van der Waals surface area contributed by atoms with Crippen LogP contribution in [0.2, 0.25) is 0 Å². The molecule has 0 bridgehead atoms. The molecule has 0 spiro atoms. The second-order valence-corrected chi connectivity index (χ2v) is 10.4. The van der Waals surface area contributed by atoms with Crippen LogP contribution in [0.5, 0.6) is 0 Å². The van der Waals surface area contributed by atoms with Gasteiger partial charge in [-0.05, 0) is 52.8 Å². The number of hydrogen-bond donors (Lipinski definition) is 0. The van der Waals surface area contributed by atoms with Crippen LogP contribution in [0.25, 0.3) is 9.75 Å². The molecule has 3 rings (SSSR count). The summed E-state index contributed by atoms with van der Waals surface area (Å²) >= 11 is 3.95. The van der Waals surface area contributed by atoms with Crippen molar-refractivity contribution < 1.29 is 0 Å². The summed E-state index contributed by atoms with van der Waals surface area (Å²) in [4.78, 5) is 3.19. The van der Waals surface area contributed by atoms with Gasteiger partial charge in [-0.1, -0.05) is 85.0 Å². The molecule has 2 heterocycles. The lowest BCUT2D eigenvalue weighted by molar-refractivity contribution is 0.311. The molecule has 0 amide bonds. The predicted octanol–water partition coefficient (Wildman–Crippen LogP) is 9.43. The van der Waals surface area contributed by atoms with E-state index >= 15 is 0 Å². The normalized spacial score (nSPS) is 15.7. The van der Waals surface area contributed by atoms with Crippen LogP contribution in [-0.2, 0) is 5.41 Å². The smallest absolute Gasteiger partial charge is 0.0486 e. The number of thiophene rings is 2. The molecule has 27 heavy (non-hydrogen) atoms. The van der Waals surface area contributed by atoms with Gasteiger partial charge in [0, 0.05) is 15.2 Å². The summed E-state index contributed by atoms with van der Waals surface area (Å²) in [5.74, 6) is 0.864. The molecule has 1 aliphatic rings. The van der Waals surface area contributed by atoms with Crippen molar-refractivity contribution in [3.05, 3.63) is 34.0 Å². The van der Waals surface area contributed by atoms with Crippen molar-refractivity contribution in [3.63, 3.8) is 0 Å². The summed E-state index contributed by atoms with van der Waals surface area (Å²) < 4.78 is 0. The Bertz CT molecular complexity index is 638. The quantitative estimate of drug-likeness (QED) is 0.293. The molecule has 150 valence electrons. The zero-order valence-electron chi connectivity index (χ0n) is 17.7. The van der Waals surface area contributed by atoms with Gasteiger partial charge in [0.25, 0.3) is 0 Å². The maximum absolute atomic E-state index is 2.47. The van der Waals surface area contributed by atoms with E-state index < -0.39 is 0 Å². The van der Waals surface area contributed by atoms with Crippen LogP contribution in [0, 0.1) is 5.92 Å². The van der Waals surface area contributed by atoms with Gasteiger partial charge in [-0.2, -0.15) is 0 Å². The molecule has 0 saturated carbocycles. The van der Waals surface area contributed by atoms with Crippen molar-refractivity contribution in [1.82, 2.24) is 0 Å². The Morgan fingerprint density at radius 1 is 0.778 bits per heavy atom. The number of rotatable bonds is 13. The number of hydrogen-bond acceptors (Lipinski definition) is 2. The zero-order valence-corrected chi connectivity index (χ0v) is 19.3. The summed E-state index contributed by atoms with van der Waals surface area (Å²) in [6.07, 6.45) is 16.6. The fraction of sp³-hybridized carbons (Fsp3) is 0.680. The molecule has 0 aliphatic heterocycles. The van der Waals surface area contributed by atoms with Crippen molar-refractivity contribution in [2.24, 2.45) is 5.92 Å². The Morgan fingerprint density at radius 2 is 1.37 bits per heavy atom. The van der Waals surface area contributed by atoms with E-state index in [-0.39, 0.29) is 0 Å². The SMILES string of the molecule is CCCCCCCCC1(CC(CC)CCCC)c2ccsc2-c2sccc21. The summed E-state index contributed by atoms with van der Waals surface area (Å²) in [7, 11) is 0. The van der Waals surface area contributed by atoms with Crippen LogP contribution in [0.3, 0.4) is 0 Å². The summed E-state index contributed by atoms with van der Waals surface area (Å²) in [5.41, 5.74) is 3.67. The van der Waals surface area contributed by atoms with E-state index in [0.29, 0.717) is 5.41 Å². The molecule has 0 saturated heterocycles. The molecule has 1 unspecified atom stereocenters. The molecule has 0 N–H and O–H groups in total. The highest BCUT2D eigenvalue weighted by Gasteiger charge is 2.45. The second kappa shape index (κ2) is 10.3. The van der Waals surface area contributed by atoms with Crippen LogP contribution < -0.4 is 0 Å². The summed E-state index contributed by atoms with van der Waals surface area (Å²) in [6.45, 7) is 7.06. The molecule has 1 atom stereocenters. The van der Waals surface area contributed by atoms with Gasteiger partial charge >= 0.3 is 0 Å². The van der Waals surface area contributed by atoms with Crippen molar-refractivity contribution in [2.45, 2.75) is 103 Å². The minimum Gasteiger partial charge on any atom is -0.143 e. The van der Waals surface area contributed by atoms with Crippen molar-refractivity contribution >= 4 is 22.7 Å². The van der Waals surface area contributed by atoms with E-state index in [9.17, 15) is 0 Å². The van der Waals surface area contributed by atoms with E-state index in [1.165, 1.54) is 77.0 Å². The minimum atomic E-state index is 0.309. The van der Waals surface area contributed by atoms with Crippen molar-refractivity contribution in [3.8, 4) is 9.75 Å². The average molecular weight is 403 g/mol. The van der Waals surface area contributed by atoms with Crippen LogP contribution in [0.15, 0.2) is 22.9 Å². The van der Waals surface area contributed by atoms with Crippen LogP contribution >= 0.6 is 22.7 Å². The third-order valence-corrected chi connectivity index (χ3v) is 8.70. The monoisotopic (exact) mass is 402 g/mol. The highest BCUT2D eigenvalue weighted by molar-refractivity contribution is 7.21.